The number of carbonyl (C=O) groups excluding carboxylic acids is 1. The number of fused-ring (bicyclic) bond motifs is 5. The predicted molar refractivity (Wildman–Crippen MR) is 82.7 cm³/mol. The van der Waals surface area contributed by atoms with Crippen molar-refractivity contribution in [3.8, 4) is 0 Å². The molecule has 0 aromatic rings. The van der Waals surface area contributed by atoms with Crippen LogP contribution >= 0.6 is 0 Å². The van der Waals surface area contributed by atoms with Crippen molar-refractivity contribution in [2.75, 3.05) is 0 Å². The van der Waals surface area contributed by atoms with Gasteiger partial charge in [-0.05, 0) is 54.9 Å². The second-order valence-electron chi connectivity index (χ2n) is 7.98. The number of hydrogen-bond acceptors (Lipinski definition) is 2. The molecule has 21 heavy (non-hydrogen) atoms. The fraction of sp³-hybridized carbons (Fsp3) is 0.632. The summed E-state index contributed by atoms with van der Waals surface area (Å²) in [6.45, 7) is 4.68. The largest absolute Gasteiger partial charge is 0.504 e. The van der Waals surface area contributed by atoms with Crippen LogP contribution in [0, 0.1) is 28.6 Å². The van der Waals surface area contributed by atoms with Crippen LogP contribution in [0.15, 0.2) is 35.6 Å². The van der Waals surface area contributed by atoms with Crippen molar-refractivity contribution in [3.05, 3.63) is 35.6 Å². The average Bonchev–Trinajstić information content (AvgIpc) is 2.85. The van der Waals surface area contributed by atoms with Crippen molar-refractivity contribution in [2.24, 2.45) is 28.6 Å². The van der Waals surface area contributed by atoms with Gasteiger partial charge in [-0.2, -0.15) is 0 Å². The molecule has 4 aliphatic rings. The van der Waals surface area contributed by atoms with Gasteiger partial charge in [0, 0.05) is 11.0 Å². The highest BCUT2D eigenvalue weighted by atomic mass is 16.3. The van der Waals surface area contributed by atoms with Crippen molar-refractivity contribution in [1.82, 2.24) is 0 Å². The van der Waals surface area contributed by atoms with E-state index < -0.39 is 0 Å². The first-order valence-corrected chi connectivity index (χ1v) is 8.31. The van der Waals surface area contributed by atoms with Crippen molar-refractivity contribution in [1.29, 1.82) is 0 Å². The van der Waals surface area contributed by atoms with E-state index in [0.29, 0.717) is 17.3 Å². The molecule has 0 aromatic carbocycles. The maximum Gasteiger partial charge on any atom is 0.220 e. The molecule has 2 saturated carbocycles. The number of rotatable bonds is 0. The minimum atomic E-state index is -0.243. The fourth-order valence-corrected chi connectivity index (χ4v) is 5.75. The number of allylic oxidation sites excluding steroid dienone is 5. The molecule has 0 unspecified atom stereocenters. The molecule has 0 aliphatic heterocycles. The van der Waals surface area contributed by atoms with Crippen molar-refractivity contribution < 1.29 is 9.90 Å². The lowest BCUT2D eigenvalue weighted by Gasteiger charge is -2.53. The Labute approximate surface area is 126 Å². The summed E-state index contributed by atoms with van der Waals surface area (Å²) in [6.07, 6.45) is 14.5. The molecule has 0 radical (unpaired) electrons. The van der Waals surface area contributed by atoms with Gasteiger partial charge in [-0.15, -0.1) is 0 Å². The second kappa shape index (κ2) is 4.12. The molecule has 2 heteroatoms. The van der Waals surface area contributed by atoms with E-state index in [1.54, 1.807) is 6.08 Å². The fourth-order valence-electron chi connectivity index (χ4n) is 5.75. The van der Waals surface area contributed by atoms with Gasteiger partial charge >= 0.3 is 0 Å². The lowest BCUT2D eigenvalue weighted by molar-refractivity contribution is -0.114. The molecule has 0 amide bonds. The topological polar surface area (TPSA) is 37.3 Å². The molecule has 2 fully saturated rings. The third kappa shape index (κ3) is 1.62. The van der Waals surface area contributed by atoms with E-state index in [1.807, 2.05) is 6.08 Å². The van der Waals surface area contributed by atoms with Crippen molar-refractivity contribution in [3.63, 3.8) is 0 Å². The first-order valence-electron chi connectivity index (χ1n) is 8.31. The Bertz CT molecular complexity index is 597. The predicted octanol–water partition coefficient (Wildman–Crippen LogP) is 4.35. The molecule has 1 N–H and O–H groups in total. The summed E-state index contributed by atoms with van der Waals surface area (Å²) in [5.41, 5.74) is 1.19. The molecule has 2 nitrogen and oxygen atoms in total. The Morgan fingerprint density at radius 3 is 2.76 bits per heavy atom. The van der Waals surface area contributed by atoms with Gasteiger partial charge in [0.2, 0.25) is 5.78 Å². The van der Waals surface area contributed by atoms with Crippen LogP contribution in [-0.2, 0) is 4.79 Å². The van der Waals surface area contributed by atoms with Gasteiger partial charge in [0.15, 0.2) is 5.76 Å². The van der Waals surface area contributed by atoms with Crippen LogP contribution in [0.25, 0.3) is 0 Å². The molecule has 0 saturated heterocycles. The highest BCUT2D eigenvalue weighted by molar-refractivity contribution is 6.04. The van der Waals surface area contributed by atoms with E-state index in [0.717, 1.165) is 11.5 Å². The first kappa shape index (κ1) is 13.4. The summed E-state index contributed by atoms with van der Waals surface area (Å²) in [4.78, 5) is 11.8. The minimum Gasteiger partial charge on any atom is -0.504 e. The average molecular weight is 284 g/mol. The highest BCUT2D eigenvalue weighted by Gasteiger charge is 2.54. The van der Waals surface area contributed by atoms with E-state index in [1.165, 1.54) is 32.1 Å². The molecule has 0 heterocycles. The van der Waals surface area contributed by atoms with Gasteiger partial charge in [-0.3, -0.25) is 4.79 Å². The summed E-state index contributed by atoms with van der Waals surface area (Å²) in [6, 6.07) is 0. The van der Waals surface area contributed by atoms with Gasteiger partial charge < -0.3 is 5.11 Å². The summed E-state index contributed by atoms with van der Waals surface area (Å²) < 4.78 is 0. The number of aliphatic hydroxyl groups is 1. The summed E-state index contributed by atoms with van der Waals surface area (Å²) in [5, 5.41) is 10.2. The Morgan fingerprint density at radius 2 is 1.95 bits per heavy atom. The Hall–Kier alpha value is -1.31. The van der Waals surface area contributed by atoms with E-state index in [2.05, 4.69) is 26.0 Å². The van der Waals surface area contributed by atoms with E-state index in [9.17, 15) is 9.90 Å². The van der Waals surface area contributed by atoms with Gasteiger partial charge in [0.1, 0.15) is 0 Å². The van der Waals surface area contributed by atoms with Crippen molar-refractivity contribution >= 4 is 5.78 Å². The number of carbonyl (C=O) groups is 1. The third-order valence-corrected chi connectivity index (χ3v) is 7.02. The maximum atomic E-state index is 11.8. The van der Waals surface area contributed by atoms with E-state index in [4.69, 9.17) is 0 Å². The smallest absolute Gasteiger partial charge is 0.220 e. The standard InChI is InChI=1S/C19H24O2/c1-18-9-3-4-13(18)12-5-6-15-17(21)16(20)8-11-19(15,2)14(12)7-10-18/h5-6,8,11-14,21H,3-4,7,9-10H2,1-2H3/t12-,13-,14-,18-,19+/m0/s1. The van der Waals surface area contributed by atoms with Gasteiger partial charge in [0.25, 0.3) is 0 Å². The zero-order valence-corrected chi connectivity index (χ0v) is 12.9. The Balaban J connectivity index is 1.81. The maximum absolute atomic E-state index is 11.8. The van der Waals surface area contributed by atoms with Crippen LogP contribution < -0.4 is 0 Å². The summed E-state index contributed by atoms with van der Waals surface area (Å²) in [7, 11) is 0. The van der Waals surface area contributed by atoms with Gasteiger partial charge in [-0.25, -0.2) is 0 Å². The Kier molecular flexibility index (Phi) is 2.62. The molecule has 4 rings (SSSR count). The van der Waals surface area contributed by atoms with Crippen LogP contribution in [0.1, 0.15) is 46.0 Å². The normalized spacial score (nSPS) is 48.1. The van der Waals surface area contributed by atoms with Crippen molar-refractivity contribution in [2.45, 2.75) is 46.0 Å². The highest BCUT2D eigenvalue weighted by Crippen LogP contribution is 2.63. The van der Waals surface area contributed by atoms with Crippen LogP contribution in [0.5, 0.6) is 0 Å². The lowest BCUT2D eigenvalue weighted by atomic mass is 9.50. The summed E-state index contributed by atoms with van der Waals surface area (Å²) in [5.74, 6) is 1.63. The number of aliphatic hydroxyl groups excluding tert-OH is 1. The van der Waals surface area contributed by atoms with Gasteiger partial charge in [-0.1, -0.05) is 38.5 Å². The van der Waals surface area contributed by atoms with Crippen LogP contribution in [-0.4, -0.2) is 10.9 Å². The Morgan fingerprint density at radius 1 is 1.14 bits per heavy atom. The lowest BCUT2D eigenvalue weighted by Crippen LogP contribution is -2.47. The van der Waals surface area contributed by atoms with Crippen LogP contribution in [0.3, 0.4) is 0 Å². The zero-order valence-electron chi connectivity index (χ0n) is 12.9. The molecular weight excluding hydrogens is 260 g/mol. The second-order valence-corrected chi connectivity index (χ2v) is 7.98. The molecule has 0 bridgehead atoms. The molecule has 0 aromatic heterocycles. The van der Waals surface area contributed by atoms with Crippen LogP contribution in [0.2, 0.25) is 0 Å². The molecule has 5 atom stereocenters. The zero-order chi connectivity index (χ0) is 14.8. The molecule has 4 aliphatic carbocycles. The quantitative estimate of drug-likeness (QED) is 0.718. The first-order chi connectivity index (χ1) is 9.96. The minimum absolute atomic E-state index is 0.0329. The van der Waals surface area contributed by atoms with E-state index >= 15 is 0 Å². The third-order valence-electron chi connectivity index (χ3n) is 7.02. The monoisotopic (exact) mass is 284 g/mol. The molecular formula is C19H24O2. The van der Waals surface area contributed by atoms with E-state index in [-0.39, 0.29) is 17.0 Å². The number of ketones is 1. The SMILES string of the molecule is C[C@@]12CCC[C@H]1[C@@H]1C=CC3=C(O)C(=O)C=C[C@]3(C)[C@H]1CC2. The summed E-state index contributed by atoms with van der Waals surface area (Å²) >= 11 is 0. The number of hydrogen-bond donors (Lipinski definition) is 1. The molecule has 0 spiro atoms. The van der Waals surface area contributed by atoms with Gasteiger partial charge in [0.05, 0.1) is 0 Å². The van der Waals surface area contributed by atoms with Crippen LogP contribution in [0.4, 0.5) is 0 Å². The molecule has 112 valence electrons.